The number of nitrogens with zero attached hydrogens (tertiary/aromatic N) is 1. The molecule has 0 N–H and O–H groups in total. The van der Waals surface area contributed by atoms with Gasteiger partial charge in [-0.3, -0.25) is 0 Å². The molecule has 0 aromatic carbocycles. The molecule has 1 amide bonds. The molecule has 22 heavy (non-hydrogen) atoms. The first-order chi connectivity index (χ1) is 10.8. The van der Waals surface area contributed by atoms with Crippen molar-refractivity contribution in [1.29, 1.82) is 0 Å². The average Bonchev–Trinajstić information content (AvgIpc) is 2.52. The summed E-state index contributed by atoms with van der Waals surface area (Å²) in [6.45, 7) is 11.4. The normalized spacial score (nSPS) is 10.7. The van der Waals surface area contributed by atoms with Crippen LogP contribution in [0.25, 0.3) is 0 Å². The van der Waals surface area contributed by atoms with E-state index in [-0.39, 0.29) is 6.09 Å². The molecule has 0 fully saturated rings. The highest BCUT2D eigenvalue weighted by Gasteiger charge is 2.13. The number of ether oxygens (including phenoxy) is 5. The van der Waals surface area contributed by atoms with Crippen LogP contribution in [0.5, 0.6) is 0 Å². The molecular formula is C15H31NO6. The van der Waals surface area contributed by atoms with Gasteiger partial charge in [0.25, 0.3) is 0 Å². The van der Waals surface area contributed by atoms with E-state index in [1.807, 2.05) is 13.8 Å². The third-order valence-corrected chi connectivity index (χ3v) is 2.69. The number of carbonyl (C=O) groups excluding carboxylic acids is 1. The predicted molar refractivity (Wildman–Crippen MR) is 83.2 cm³/mol. The van der Waals surface area contributed by atoms with Crippen molar-refractivity contribution < 1.29 is 28.5 Å². The third kappa shape index (κ3) is 12.8. The molecule has 0 bridgehead atoms. The van der Waals surface area contributed by atoms with E-state index in [0.29, 0.717) is 72.6 Å². The maximum absolute atomic E-state index is 11.8. The van der Waals surface area contributed by atoms with Crippen molar-refractivity contribution in [2.24, 2.45) is 0 Å². The van der Waals surface area contributed by atoms with E-state index >= 15 is 0 Å². The van der Waals surface area contributed by atoms with Gasteiger partial charge in [0, 0.05) is 26.3 Å². The van der Waals surface area contributed by atoms with Crippen LogP contribution < -0.4 is 0 Å². The van der Waals surface area contributed by atoms with Gasteiger partial charge >= 0.3 is 6.09 Å². The smallest absolute Gasteiger partial charge is 0.409 e. The van der Waals surface area contributed by atoms with Gasteiger partial charge in [-0.2, -0.15) is 0 Å². The fourth-order valence-electron chi connectivity index (χ4n) is 1.59. The minimum atomic E-state index is -0.343. The fourth-order valence-corrected chi connectivity index (χ4v) is 1.59. The molecule has 0 radical (unpaired) electrons. The Morgan fingerprint density at radius 2 is 1.14 bits per heavy atom. The topological polar surface area (TPSA) is 66.5 Å². The molecule has 0 aliphatic carbocycles. The summed E-state index contributed by atoms with van der Waals surface area (Å²) >= 11 is 0. The first-order valence-corrected chi connectivity index (χ1v) is 7.98. The number of hydrogen-bond acceptors (Lipinski definition) is 6. The molecule has 0 aliphatic heterocycles. The van der Waals surface area contributed by atoms with Crippen molar-refractivity contribution in [2.75, 3.05) is 72.6 Å². The van der Waals surface area contributed by atoms with E-state index in [2.05, 4.69) is 0 Å². The summed E-state index contributed by atoms with van der Waals surface area (Å²) in [4.78, 5) is 13.4. The Morgan fingerprint density at radius 3 is 1.55 bits per heavy atom. The second-order valence-corrected chi connectivity index (χ2v) is 4.30. The summed E-state index contributed by atoms with van der Waals surface area (Å²) < 4.78 is 26.2. The van der Waals surface area contributed by atoms with Crippen LogP contribution in [0.2, 0.25) is 0 Å². The summed E-state index contributed by atoms with van der Waals surface area (Å²) in [6, 6.07) is 0. The SMILES string of the molecule is CCOCCOCCN(CCOCCOCC)C(=O)OCC. The van der Waals surface area contributed by atoms with Gasteiger partial charge in [-0.1, -0.05) is 0 Å². The lowest BCUT2D eigenvalue weighted by molar-refractivity contribution is 0.0240. The van der Waals surface area contributed by atoms with Crippen LogP contribution in [0.15, 0.2) is 0 Å². The van der Waals surface area contributed by atoms with Gasteiger partial charge in [0.15, 0.2) is 0 Å². The summed E-state index contributed by atoms with van der Waals surface area (Å²) in [5, 5.41) is 0. The molecule has 7 nitrogen and oxygen atoms in total. The standard InChI is InChI=1S/C15H31NO6/c1-4-18-11-13-20-9-7-16(15(17)22-6-3)8-10-21-14-12-19-5-2/h4-14H2,1-3H3. The number of amides is 1. The minimum Gasteiger partial charge on any atom is -0.450 e. The second kappa shape index (κ2) is 16.5. The zero-order valence-corrected chi connectivity index (χ0v) is 14.2. The highest BCUT2D eigenvalue weighted by molar-refractivity contribution is 5.67. The van der Waals surface area contributed by atoms with E-state index in [9.17, 15) is 4.79 Å². The summed E-state index contributed by atoms with van der Waals surface area (Å²) in [7, 11) is 0. The lowest BCUT2D eigenvalue weighted by Crippen LogP contribution is -2.37. The molecule has 0 aromatic heterocycles. The predicted octanol–water partition coefficient (Wildman–Crippen LogP) is 1.55. The summed E-state index contributed by atoms with van der Waals surface area (Å²) in [6.07, 6.45) is -0.343. The van der Waals surface area contributed by atoms with Crippen molar-refractivity contribution >= 4 is 6.09 Å². The summed E-state index contributed by atoms with van der Waals surface area (Å²) in [5.74, 6) is 0. The van der Waals surface area contributed by atoms with Gasteiger partial charge in [-0.05, 0) is 20.8 Å². The fraction of sp³-hybridized carbons (Fsp3) is 0.933. The van der Waals surface area contributed by atoms with Crippen LogP contribution in [0, 0.1) is 0 Å². The Hall–Kier alpha value is -0.890. The van der Waals surface area contributed by atoms with E-state index in [4.69, 9.17) is 23.7 Å². The van der Waals surface area contributed by atoms with Crippen LogP contribution >= 0.6 is 0 Å². The van der Waals surface area contributed by atoms with Crippen molar-refractivity contribution in [3.05, 3.63) is 0 Å². The van der Waals surface area contributed by atoms with Crippen LogP contribution in [-0.2, 0) is 23.7 Å². The monoisotopic (exact) mass is 321 g/mol. The van der Waals surface area contributed by atoms with Gasteiger partial charge in [-0.15, -0.1) is 0 Å². The first-order valence-electron chi connectivity index (χ1n) is 7.98. The molecule has 132 valence electrons. The van der Waals surface area contributed by atoms with Gasteiger partial charge < -0.3 is 28.6 Å². The summed E-state index contributed by atoms with van der Waals surface area (Å²) in [5.41, 5.74) is 0. The van der Waals surface area contributed by atoms with Crippen molar-refractivity contribution in [2.45, 2.75) is 20.8 Å². The largest absolute Gasteiger partial charge is 0.450 e. The molecule has 0 heterocycles. The Labute approximate surface area is 133 Å². The average molecular weight is 321 g/mol. The molecule has 0 rings (SSSR count). The van der Waals surface area contributed by atoms with Crippen LogP contribution in [0.4, 0.5) is 4.79 Å². The lowest BCUT2D eigenvalue weighted by atomic mass is 10.5. The van der Waals surface area contributed by atoms with Crippen molar-refractivity contribution in [3.8, 4) is 0 Å². The maximum Gasteiger partial charge on any atom is 0.409 e. The van der Waals surface area contributed by atoms with Gasteiger partial charge in [-0.25, -0.2) is 4.79 Å². The number of rotatable bonds is 15. The molecule has 0 saturated heterocycles. The van der Waals surface area contributed by atoms with E-state index in [0.717, 1.165) is 0 Å². The first kappa shape index (κ1) is 21.1. The highest BCUT2D eigenvalue weighted by Crippen LogP contribution is 1.96. The van der Waals surface area contributed by atoms with Gasteiger partial charge in [0.2, 0.25) is 0 Å². The second-order valence-electron chi connectivity index (χ2n) is 4.30. The number of hydrogen-bond donors (Lipinski definition) is 0. The molecule has 0 saturated carbocycles. The van der Waals surface area contributed by atoms with E-state index < -0.39 is 0 Å². The third-order valence-electron chi connectivity index (χ3n) is 2.69. The zero-order valence-electron chi connectivity index (χ0n) is 14.2. The molecular weight excluding hydrogens is 290 g/mol. The van der Waals surface area contributed by atoms with Crippen LogP contribution in [0.1, 0.15) is 20.8 Å². The maximum atomic E-state index is 11.8. The van der Waals surface area contributed by atoms with Crippen LogP contribution in [-0.4, -0.2) is 83.5 Å². The molecule has 0 spiro atoms. The van der Waals surface area contributed by atoms with Crippen molar-refractivity contribution in [1.82, 2.24) is 4.90 Å². The molecule has 0 aromatic rings. The molecule has 0 aliphatic rings. The molecule has 7 heteroatoms. The Balaban J connectivity index is 3.82. The number of carbonyl (C=O) groups is 1. The molecule has 0 unspecified atom stereocenters. The van der Waals surface area contributed by atoms with Crippen molar-refractivity contribution in [3.63, 3.8) is 0 Å². The minimum absolute atomic E-state index is 0.343. The van der Waals surface area contributed by atoms with Crippen LogP contribution in [0.3, 0.4) is 0 Å². The lowest BCUT2D eigenvalue weighted by Gasteiger charge is -2.21. The van der Waals surface area contributed by atoms with Gasteiger partial charge in [0.1, 0.15) is 0 Å². The van der Waals surface area contributed by atoms with Gasteiger partial charge in [0.05, 0.1) is 46.2 Å². The quantitative estimate of drug-likeness (QED) is 0.426. The molecule has 0 atom stereocenters. The Kier molecular flexibility index (Phi) is 15.8. The highest BCUT2D eigenvalue weighted by atomic mass is 16.6. The van der Waals surface area contributed by atoms with E-state index in [1.165, 1.54) is 0 Å². The Morgan fingerprint density at radius 1 is 0.682 bits per heavy atom. The van der Waals surface area contributed by atoms with E-state index in [1.54, 1.807) is 11.8 Å². The Bertz CT molecular complexity index is 236. The zero-order chi connectivity index (χ0) is 16.5.